The highest BCUT2D eigenvalue weighted by molar-refractivity contribution is 5.96. The van der Waals surface area contributed by atoms with Crippen molar-refractivity contribution in [2.75, 3.05) is 18.4 Å². The number of rotatable bonds is 8. The van der Waals surface area contributed by atoms with E-state index in [9.17, 15) is 4.79 Å². The molecule has 2 aliphatic rings. The summed E-state index contributed by atoms with van der Waals surface area (Å²) < 4.78 is 0. The van der Waals surface area contributed by atoms with E-state index in [1.54, 1.807) is 6.92 Å². The van der Waals surface area contributed by atoms with Crippen LogP contribution in [0, 0.1) is 5.92 Å². The first-order chi connectivity index (χ1) is 13.5. The predicted octanol–water partition coefficient (Wildman–Crippen LogP) is 5.93. The molecule has 1 heterocycles. The summed E-state index contributed by atoms with van der Waals surface area (Å²) in [5.74, 6) is 1.53. The van der Waals surface area contributed by atoms with Crippen molar-refractivity contribution in [1.29, 1.82) is 0 Å². The fraction of sp³-hybridized carbons (Fsp3) is 0.480. The molecule has 2 unspecified atom stereocenters. The number of allylic oxidation sites excluding steroid dienone is 4. The lowest BCUT2D eigenvalue weighted by Gasteiger charge is -2.38. The van der Waals surface area contributed by atoms with Crippen LogP contribution in [-0.2, 0) is 0 Å². The lowest BCUT2D eigenvalue weighted by Crippen LogP contribution is -2.41. The molecule has 0 radical (unpaired) electrons. The number of likely N-dealkylation sites (tertiary alicyclic amines) is 1. The second-order valence-corrected chi connectivity index (χ2v) is 8.34. The third-order valence-corrected chi connectivity index (χ3v) is 6.05. The quantitative estimate of drug-likeness (QED) is 0.450. The molecule has 1 saturated carbocycles. The average Bonchev–Trinajstić information content (AvgIpc) is 3.50. The normalized spacial score (nSPS) is 23.8. The fourth-order valence-corrected chi connectivity index (χ4v) is 4.23. The van der Waals surface area contributed by atoms with Crippen LogP contribution in [0.5, 0.6) is 0 Å². The summed E-state index contributed by atoms with van der Waals surface area (Å²) >= 11 is 0. The maximum absolute atomic E-state index is 12.3. The van der Waals surface area contributed by atoms with Gasteiger partial charge in [-0.3, -0.25) is 4.79 Å². The maximum Gasteiger partial charge on any atom is 0.160 e. The van der Waals surface area contributed by atoms with Crippen molar-refractivity contribution in [3.05, 3.63) is 65.9 Å². The molecule has 0 aromatic heterocycles. The van der Waals surface area contributed by atoms with Gasteiger partial charge in [-0.05, 0) is 101 Å². The van der Waals surface area contributed by atoms with Gasteiger partial charge in [0.25, 0.3) is 0 Å². The highest BCUT2D eigenvalue weighted by Gasteiger charge is 2.32. The number of benzene rings is 1. The summed E-state index contributed by atoms with van der Waals surface area (Å²) in [6, 6.07) is 6.74. The molecule has 1 aliphatic carbocycles. The Bertz CT molecular complexity index is 773. The highest BCUT2D eigenvalue weighted by Crippen LogP contribution is 2.37. The Balaban J connectivity index is 1.80. The minimum absolute atomic E-state index is 0.156. The first-order valence-corrected chi connectivity index (χ1v) is 10.6. The molecule has 1 N–H and O–H groups in total. The van der Waals surface area contributed by atoms with Crippen LogP contribution in [0.3, 0.4) is 0 Å². The molecule has 2 fully saturated rings. The number of carbonyl (C=O) groups excluding carboxylic acids is 1. The van der Waals surface area contributed by atoms with Gasteiger partial charge >= 0.3 is 0 Å². The van der Waals surface area contributed by atoms with Crippen LogP contribution < -0.4 is 5.32 Å². The SMILES string of the molecule is C=C/C(=C\C=C/C)Nc1ccc(C(C)=O)c(C2CCN(CC3CC3)C(C)C2)c1. The van der Waals surface area contributed by atoms with Gasteiger partial charge in [-0.2, -0.15) is 0 Å². The number of nitrogens with zero attached hydrogens (tertiary/aromatic N) is 1. The van der Waals surface area contributed by atoms with E-state index in [1.165, 1.54) is 24.9 Å². The van der Waals surface area contributed by atoms with E-state index in [1.807, 2.05) is 43.4 Å². The van der Waals surface area contributed by atoms with Crippen LogP contribution in [0.2, 0.25) is 0 Å². The number of nitrogens with one attached hydrogen (secondary N) is 1. The topological polar surface area (TPSA) is 32.3 Å². The predicted molar refractivity (Wildman–Crippen MR) is 119 cm³/mol. The van der Waals surface area contributed by atoms with Crippen molar-refractivity contribution < 1.29 is 4.79 Å². The van der Waals surface area contributed by atoms with Crippen molar-refractivity contribution >= 4 is 11.5 Å². The number of carbonyl (C=O) groups is 1. The van der Waals surface area contributed by atoms with Crippen LogP contribution in [0.1, 0.15) is 68.3 Å². The van der Waals surface area contributed by atoms with Crippen molar-refractivity contribution in [2.45, 2.75) is 58.4 Å². The van der Waals surface area contributed by atoms with E-state index in [4.69, 9.17) is 0 Å². The highest BCUT2D eigenvalue weighted by atomic mass is 16.1. The molecule has 0 bridgehead atoms. The lowest BCUT2D eigenvalue weighted by atomic mass is 9.82. The van der Waals surface area contributed by atoms with E-state index in [-0.39, 0.29) is 5.78 Å². The molecule has 1 aromatic carbocycles. The van der Waals surface area contributed by atoms with E-state index >= 15 is 0 Å². The minimum Gasteiger partial charge on any atom is -0.356 e. The molecular formula is C25H34N2O. The number of piperidine rings is 1. The number of hydrogen-bond donors (Lipinski definition) is 1. The number of hydrogen-bond acceptors (Lipinski definition) is 3. The van der Waals surface area contributed by atoms with Gasteiger partial charge in [0.15, 0.2) is 5.78 Å². The standard InChI is InChI=1S/C25H34N2O/c1-5-7-8-22(6-2)26-23-11-12-24(19(4)28)25(16-23)21-13-14-27(18(3)15-21)17-20-9-10-20/h5-8,11-12,16,18,20-21,26H,2,9-10,13-15,17H2,1,3-4H3/b7-5-,22-8+. The number of Topliss-reactive ketones (excluding diaryl/α,β-unsaturated/α-hetero) is 1. The fourth-order valence-electron chi connectivity index (χ4n) is 4.23. The number of anilines is 1. The average molecular weight is 379 g/mol. The molecule has 150 valence electrons. The van der Waals surface area contributed by atoms with Crippen molar-refractivity contribution in [1.82, 2.24) is 4.90 Å². The van der Waals surface area contributed by atoms with Gasteiger partial charge in [-0.25, -0.2) is 0 Å². The Morgan fingerprint density at radius 3 is 2.71 bits per heavy atom. The largest absolute Gasteiger partial charge is 0.356 e. The smallest absolute Gasteiger partial charge is 0.160 e. The molecule has 3 heteroatoms. The first-order valence-electron chi connectivity index (χ1n) is 10.6. The molecular weight excluding hydrogens is 344 g/mol. The summed E-state index contributed by atoms with van der Waals surface area (Å²) in [5.41, 5.74) is 4.04. The molecule has 0 spiro atoms. The van der Waals surface area contributed by atoms with Crippen LogP contribution in [0.15, 0.2) is 54.8 Å². The minimum atomic E-state index is 0.156. The van der Waals surface area contributed by atoms with Gasteiger partial charge in [0.05, 0.1) is 0 Å². The zero-order valence-corrected chi connectivity index (χ0v) is 17.6. The van der Waals surface area contributed by atoms with E-state index in [0.29, 0.717) is 12.0 Å². The van der Waals surface area contributed by atoms with E-state index < -0.39 is 0 Å². The summed E-state index contributed by atoms with van der Waals surface area (Å²) in [5, 5.41) is 3.43. The van der Waals surface area contributed by atoms with Gasteiger partial charge in [-0.1, -0.05) is 18.7 Å². The number of ketones is 1. The van der Waals surface area contributed by atoms with Crippen molar-refractivity contribution in [3.8, 4) is 0 Å². The molecule has 28 heavy (non-hydrogen) atoms. The zero-order chi connectivity index (χ0) is 20.1. The van der Waals surface area contributed by atoms with Crippen LogP contribution >= 0.6 is 0 Å². The van der Waals surface area contributed by atoms with Gasteiger partial charge in [0.1, 0.15) is 0 Å². The van der Waals surface area contributed by atoms with Gasteiger partial charge < -0.3 is 10.2 Å². The summed E-state index contributed by atoms with van der Waals surface area (Å²) in [6.07, 6.45) is 12.9. The van der Waals surface area contributed by atoms with Gasteiger partial charge in [0, 0.05) is 29.5 Å². The molecule has 1 saturated heterocycles. The molecule has 1 aliphatic heterocycles. The van der Waals surface area contributed by atoms with Crippen LogP contribution in [0.4, 0.5) is 5.69 Å². The van der Waals surface area contributed by atoms with Crippen molar-refractivity contribution in [3.63, 3.8) is 0 Å². The Labute approximate surface area is 170 Å². The van der Waals surface area contributed by atoms with E-state index in [2.05, 4.69) is 29.8 Å². The molecule has 2 atom stereocenters. The lowest BCUT2D eigenvalue weighted by molar-refractivity contribution is 0.101. The molecule has 0 amide bonds. The third kappa shape index (κ3) is 5.23. The molecule has 3 rings (SSSR count). The zero-order valence-electron chi connectivity index (χ0n) is 17.6. The summed E-state index contributed by atoms with van der Waals surface area (Å²) in [6.45, 7) is 12.3. The summed E-state index contributed by atoms with van der Waals surface area (Å²) in [7, 11) is 0. The molecule has 3 nitrogen and oxygen atoms in total. The third-order valence-electron chi connectivity index (χ3n) is 6.05. The van der Waals surface area contributed by atoms with Crippen LogP contribution in [0.25, 0.3) is 0 Å². The Hall–Kier alpha value is -2.13. The Morgan fingerprint density at radius 2 is 2.11 bits per heavy atom. The second-order valence-electron chi connectivity index (χ2n) is 8.34. The summed E-state index contributed by atoms with van der Waals surface area (Å²) in [4.78, 5) is 14.9. The van der Waals surface area contributed by atoms with Gasteiger partial charge in [-0.15, -0.1) is 0 Å². The van der Waals surface area contributed by atoms with Crippen molar-refractivity contribution in [2.24, 2.45) is 5.92 Å². The Kier molecular flexibility index (Phi) is 6.90. The monoisotopic (exact) mass is 378 g/mol. The Morgan fingerprint density at radius 1 is 1.32 bits per heavy atom. The first kappa shape index (κ1) is 20.6. The van der Waals surface area contributed by atoms with E-state index in [0.717, 1.165) is 42.3 Å². The van der Waals surface area contributed by atoms with Gasteiger partial charge in [0.2, 0.25) is 0 Å². The molecule has 1 aromatic rings. The maximum atomic E-state index is 12.3. The second kappa shape index (κ2) is 9.38. The van der Waals surface area contributed by atoms with Crippen LogP contribution in [-0.4, -0.2) is 29.8 Å².